The van der Waals surface area contributed by atoms with E-state index in [1.54, 1.807) is 12.4 Å². The van der Waals surface area contributed by atoms with Gasteiger partial charge in [-0.15, -0.1) is 0 Å². The maximum atomic E-state index is 11.8. The van der Waals surface area contributed by atoms with E-state index in [1.807, 2.05) is 24.3 Å². The van der Waals surface area contributed by atoms with Crippen molar-refractivity contribution in [3.8, 4) is 5.69 Å². The summed E-state index contributed by atoms with van der Waals surface area (Å²) >= 11 is 0. The molecular weight excluding hydrogens is 346 g/mol. The Morgan fingerprint density at radius 2 is 2.15 bits per heavy atom. The summed E-state index contributed by atoms with van der Waals surface area (Å²) in [6.45, 7) is 1.80. The molecule has 0 aliphatic carbocycles. The van der Waals surface area contributed by atoms with Crippen LogP contribution in [0.5, 0.6) is 0 Å². The van der Waals surface area contributed by atoms with Crippen LogP contribution in [0.15, 0.2) is 42.9 Å². The Morgan fingerprint density at radius 1 is 1.30 bits per heavy atom. The van der Waals surface area contributed by atoms with Gasteiger partial charge in [0.25, 0.3) is 5.91 Å². The first-order chi connectivity index (χ1) is 13.2. The summed E-state index contributed by atoms with van der Waals surface area (Å²) in [6, 6.07) is 7.69. The van der Waals surface area contributed by atoms with Crippen LogP contribution in [-0.2, 0) is 0 Å². The molecule has 1 amide bonds. The van der Waals surface area contributed by atoms with Crippen LogP contribution in [0, 0.1) is 0 Å². The number of aromatic nitrogens is 5. The normalized spacial score (nSPS) is 16.2. The molecule has 1 aliphatic heterocycles. The van der Waals surface area contributed by atoms with Crippen LogP contribution in [0.25, 0.3) is 5.69 Å². The van der Waals surface area contributed by atoms with Crippen molar-refractivity contribution < 1.29 is 4.79 Å². The van der Waals surface area contributed by atoms with E-state index >= 15 is 0 Å². The zero-order chi connectivity index (χ0) is 18.6. The average molecular weight is 365 g/mol. The van der Waals surface area contributed by atoms with Gasteiger partial charge in [0, 0.05) is 24.5 Å². The SMILES string of the molecule is NC(=O)c1cnc(N[C@@H]2CCNC2)nc1Nc1cccc(-n2nccn2)c1. The Morgan fingerprint density at radius 3 is 2.89 bits per heavy atom. The summed E-state index contributed by atoms with van der Waals surface area (Å²) in [7, 11) is 0. The topological polar surface area (TPSA) is 136 Å². The van der Waals surface area contributed by atoms with Gasteiger partial charge in [-0.05, 0) is 31.2 Å². The zero-order valence-electron chi connectivity index (χ0n) is 14.5. The van der Waals surface area contributed by atoms with E-state index in [2.05, 4.69) is 36.1 Å². The number of benzene rings is 1. The van der Waals surface area contributed by atoms with Gasteiger partial charge in [-0.3, -0.25) is 4.79 Å². The highest BCUT2D eigenvalue weighted by Crippen LogP contribution is 2.22. The lowest BCUT2D eigenvalue weighted by molar-refractivity contribution is 0.100. The van der Waals surface area contributed by atoms with Crippen molar-refractivity contribution in [3.63, 3.8) is 0 Å². The second kappa shape index (κ2) is 7.38. The summed E-state index contributed by atoms with van der Waals surface area (Å²) in [6.07, 6.45) is 5.63. The molecule has 3 aromatic rings. The van der Waals surface area contributed by atoms with Crippen molar-refractivity contribution >= 4 is 23.4 Å². The van der Waals surface area contributed by atoms with Gasteiger partial charge in [0.15, 0.2) is 0 Å². The molecule has 10 heteroatoms. The van der Waals surface area contributed by atoms with Crippen LogP contribution >= 0.6 is 0 Å². The van der Waals surface area contributed by atoms with Gasteiger partial charge in [-0.2, -0.15) is 20.0 Å². The third-order valence-corrected chi connectivity index (χ3v) is 4.21. The van der Waals surface area contributed by atoms with Crippen molar-refractivity contribution in [1.29, 1.82) is 0 Å². The first-order valence-corrected chi connectivity index (χ1v) is 8.57. The van der Waals surface area contributed by atoms with Crippen molar-refractivity contribution in [2.75, 3.05) is 23.7 Å². The third kappa shape index (κ3) is 3.85. The fourth-order valence-electron chi connectivity index (χ4n) is 2.88. The van der Waals surface area contributed by atoms with E-state index in [0.717, 1.165) is 30.9 Å². The molecule has 2 aromatic heterocycles. The minimum Gasteiger partial charge on any atom is -0.365 e. The van der Waals surface area contributed by atoms with Crippen molar-refractivity contribution in [1.82, 2.24) is 30.3 Å². The Balaban J connectivity index is 1.61. The van der Waals surface area contributed by atoms with Crippen LogP contribution < -0.4 is 21.7 Å². The Hall–Kier alpha value is -3.53. The zero-order valence-corrected chi connectivity index (χ0v) is 14.5. The number of nitrogens with two attached hydrogens (primary N) is 1. The van der Waals surface area contributed by atoms with Crippen molar-refractivity contribution in [2.45, 2.75) is 12.5 Å². The molecule has 0 bridgehead atoms. The van der Waals surface area contributed by atoms with Gasteiger partial charge in [0.2, 0.25) is 5.95 Å². The number of nitrogens with one attached hydrogen (secondary N) is 3. The summed E-state index contributed by atoms with van der Waals surface area (Å²) in [4.78, 5) is 21.9. The van der Waals surface area contributed by atoms with Crippen LogP contribution in [0.4, 0.5) is 17.5 Å². The smallest absolute Gasteiger partial charge is 0.254 e. The molecule has 0 unspecified atom stereocenters. The summed E-state index contributed by atoms with van der Waals surface area (Å²) in [5.74, 6) is 0.189. The molecule has 138 valence electrons. The van der Waals surface area contributed by atoms with Crippen LogP contribution in [-0.4, -0.2) is 50.0 Å². The monoisotopic (exact) mass is 365 g/mol. The molecule has 10 nitrogen and oxygen atoms in total. The van der Waals surface area contributed by atoms with E-state index < -0.39 is 5.91 Å². The number of anilines is 3. The molecule has 5 N–H and O–H groups in total. The fourth-order valence-corrected chi connectivity index (χ4v) is 2.88. The second-order valence-corrected chi connectivity index (χ2v) is 6.15. The molecule has 0 saturated carbocycles. The molecule has 1 aromatic carbocycles. The molecule has 1 atom stereocenters. The number of hydrogen-bond acceptors (Lipinski definition) is 8. The van der Waals surface area contributed by atoms with Crippen molar-refractivity contribution in [3.05, 3.63) is 48.4 Å². The van der Waals surface area contributed by atoms with Gasteiger partial charge in [0.05, 0.1) is 18.1 Å². The molecule has 3 heterocycles. The number of primary amides is 1. The van der Waals surface area contributed by atoms with E-state index in [4.69, 9.17) is 5.73 Å². The number of carbonyl (C=O) groups excluding carboxylic acids is 1. The van der Waals surface area contributed by atoms with Gasteiger partial charge >= 0.3 is 0 Å². The van der Waals surface area contributed by atoms with Gasteiger partial charge in [-0.1, -0.05) is 6.07 Å². The minimum atomic E-state index is -0.600. The predicted molar refractivity (Wildman–Crippen MR) is 100 cm³/mol. The molecule has 1 fully saturated rings. The Kier molecular flexibility index (Phi) is 4.62. The number of amides is 1. The quantitative estimate of drug-likeness (QED) is 0.500. The lowest BCUT2D eigenvalue weighted by Crippen LogP contribution is -2.24. The van der Waals surface area contributed by atoms with E-state index in [9.17, 15) is 4.79 Å². The number of hydrogen-bond donors (Lipinski definition) is 4. The molecule has 4 rings (SSSR count). The molecule has 0 radical (unpaired) electrons. The molecule has 1 aliphatic rings. The lowest BCUT2D eigenvalue weighted by atomic mass is 10.2. The van der Waals surface area contributed by atoms with Crippen LogP contribution in [0.2, 0.25) is 0 Å². The molecule has 1 saturated heterocycles. The first-order valence-electron chi connectivity index (χ1n) is 8.57. The minimum absolute atomic E-state index is 0.215. The average Bonchev–Trinajstić information content (AvgIpc) is 3.36. The summed E-state index contributed by atoms with van der Waals surface area (Å²) < 4.78 is 0. The van der Waals surface area contributed by atoms with Crippen molar-refractivity contribution in [2.24, 2.45) is 5.73 Å². The van der Waals surface area contributed by atoms with Gasteiger partial charge < -0.3 is 21.7 Å². The lowest BCUT2D eigenvalue weighted by Gasteiger charge is -2.14. The predicted octanol–water partition coefficient (Wildman–Crippen LogP) is 0.674. The maximum Gasteiger partial charge on any atom is 0.254 e. The van der Waals surface area contributed by atoms with E-state index in [1.165, 1.54) is 11.0 Å². The molecule has 0 spiro atoms. The maximum absolute atomic E-state index is 11.8. The molecule has 27 heavy (non-hydrogen) atoms. The van der Waals surface area contributed by atoms with Gasteiger partial charge in [0.1, 0.15) is 11.4 Å². The number of carbonyl (C=O) groups is 1. The van der Waals surface area contributed by atoms with Crippen LogP contribution in [0.3, 0.4) is 0 Å². The first kappa shape index (κ1) is 16.9. The highest BCUT2D eigenvalue weighted by Gasteiger charge is 2.17. The number of rotatable bonds is 6. The standard InChI is InChI=1S/C17H19N9O/c18-15(27)14-10-20-17(24-12-4-5-19-9-12)25-16(14)23-11-2-1-3-13(8-11)26-21-6-7-22-26/h1-3,6-8,10,12,19H,4-5,9H2,(H2,18,27)(H2,20,23,24,25)/t12-/m1/s1. The number of nitrogens with zero attached hydrogens (tertiary/aromatic N) is 5. The van der Waals surface area contributed by atoms with Crippen LogP contribution in [0.1, 0.15) is 16.8 Å². The second-order valence-electron chi connectivity index (χ2n) is 6.15. The Bertz CT molecular complexity index is 935. The largest absolute Gasteiger partial charge is 0.365 e. The third-order valence-electron chi connectivity index (χ3n) is 4.21. The Labute approximate surface area is 155 Å². The fraction of sp³-hybridized carbons (Fsp3) is 0.235. The van der Waals surface area contributed by atoms with E-state index in [-0.39, 0.29) is 11.6 Å². The van der Waals surface area contributed by atoms with E-state index in [0.29, 0.717) is 11.8 Å². The summed E-state index contributed by atoms with van der Waals surface area (Å²) in [5.41, 5.74) is 7.19. The summed E-state index contributed by atoms with van der Waals surface area (Å²) in [5, 5.41) is 17.9. The highest BCUT2D eigenvalue weighted by molar-refractivity contribution is 5.98. The highest BCUT2D eigenvalue weighted by atomic mass is 16.1. The molecular formula is C17H19N9O. The van der Waals surface area contributed by atoms with Gasteiger partial charge in [-0.25, -0.2) is 4.98 Å².